The van der Waals surface area contributed by atoms with Gasteiger partial charge in [-0.1, -0.05) is 0 Å². The highest BCUT2D eigenvalue weighted by Crippen LogP contribution is 2.40. The topological polar surface area (TPSA) is 66.8 Å². The Kier molecular flexibility index (Phi) is 3.60. The van der Waals surface area contributed by atoms with Crippen LogP contribution in [-0.2, 0) is 9.53 Å². The number of fused-ring (bicyclic) bond motifs is 3. The lowest BCUT2D eigenvalue weighted by molar-refractivity contribution is -0.139. The van der Waals surface area contributed by atoms with Crippen LogP contribution in [0.25, 0.3) is 0 Å². The second-order valence-corrected chi connectivity index (χ2v) is 6.64. The summed E-state index contributed by atoms with van der Waals surface area (Å²) in [4.78, 5) is 25.7. The molecule has 0 radical (unpaired) electrons. The highest BCUT2D eigenvalue weighted by Gasteiger charge is 2.51. The van der Waals surface area contributed by atoms with Crippen molar-refractivity contribution in [2.75, 3.05) is 0 Å². The average Bonchev–Trinajstić information content (AvgIpc) is 2.25. The van der Waals surface area contributed by atoms with Gasteiger partial charge < -0.3 is 9.84 Å². The second-order valence-electron chi connectivity index (χ2n) is 6.64. The monoisotopic (exact) mass is 269 g/mol. The maximum absolute atomic E-state index is 12.3. The van der Waals surface area contributed by atoms with Crippen molar-refractivity contribution in [1.29, 1.82) is 0 Å². The number of carbonyl (C=O) groups excluding carboxylic acids is 2. The minimum Gasteiger partial charge on any atom is -0.444 e. The third kappa shape index (κ3) is 2.76. The Morgan fingerprint density at radius 1 is 1.26 bits per heavy atom. The number of aliphatic hydroxyl groups excluding tert-OH is 1. The fourth-order valence-electron chi connectivity index (χ4n) is 3.28. The molecule has 5 nitrogen and oxygen atoms in total. The third-order valence-electron chi connectivity index (χ3n) is 3.96. The minimum atomic E-state index is -0.576. The lowest BCUT2D eigenvalue weighted by Crippen LogP contribution is -2.64. The van der Waals surface area contributed by atoms with Crippen LogP contribution in [0.4, 0.5) is 4.79 Å². The molecule has 2 aliphatic heterocycles. The summed E-state index contributed by atoms with van der Waals surface area (Å²) in [7, 11) is 0. The summed E-state index contributed by atoms with van der Waals surface area (Å²) in [6, 6.07) is -0.610. The van der Waals surface area contributed by atoms with Gasteiger partial charge >= 0.3 is 6.09 Å². The summed E-state index contributed by atoms with van der Waals surface area (Å²) in [5, 5.41) is 10.0. The normalized spacial score (nSPS) is 34.3. The van der Waals surface area contributed by atoms with Crippen molar-refractivity contribution in [3.05, 3.63) is 0 Å². The van der Waals surface area contributed by atoms with E-state index in [0.717, 1.165) is 12.8 Å². The van der Waals surface area contributed by atoms with E-state index in [9.17, 15) is 14.7 Å². The summed E-state index contributed by atoms with van der Waals surface area (Å²) in [5.41, 5.74) is -0.576. The number of piperidine rings is 2. The predicted octanol–water partition coefficient (Wildman–Crippen LogP) is 1.72. The van der Waals surface area contributed by atoms with Crippen molar-refractivity contribution in [3.63, 3.8) is 0 Å². The maximum atomic E-state index is 12.3. The number of Topliss-reactive ketones (excluding diaryl/α,β-unsaturated/α-hetero) is 1. The fourth-order valence-corrected chi connectivity index (χ4v) is 3.28. The van der Waals surface area contributed by atoms with Crippen molar-refractivity contribution in [2.24, 2.45) is 5.92 Å². The Morgan fingerprint density at radius 3 is 2.37 bits per heavy atom. The van der Waals surface area contributed by atoms with Gasteiger partial charge in [-0.2, -0.15) is 0 Å². The van der Waals surface area contributed by atoms with Crippen LogP contribution in [0.3, 0.4) is 0 Å². The first kappa shape index (κ1) is 14.3. The summed E-state index contributed by atoms with van der Waals surface area (Å²) in [6.45, 7) is 6.91. The number of hydrogen-bond acceptors (Lipinski definition) is 4. The summed E-state index contributed by atoms with van der Waals surface area (Å²) < 4.78 is 5.40. The van der Waals surface area contributed by atoms with Crippen molar-refractivity contribution in [3.8, 4) is 0 Å². The first-order valence-corrected chi connectivity index (χ1v) is 6.90. The van der Waals surface area contributed by atoms with Crippen LogP contribution in [0.5, 0.6) is 0 Å². The SMILES string of the molecule is CC(=O)[C@@H]1[C@@H]2CC[C@@H](C[C@@H]2O)N1C(=O)OC(C)(C)C. The molecule has 1 saturated carbocycles. The molecule has 0 spiro atoms. The molecule has 1 aliphatic carbocycles. The Morgan fingerprint density at radius 2 is 1.89 bits per heavy atom. The van der Waals surface area contributed by atoms with Crippen LogP contribution in [0.15, 0.2) is 0 Å². The van der Waals surface area contributed by atoms with E-state index in [1.54, 1.807) is 4.90 Å². The molecule has 0 aromatic carbocycles. The largest absolute Gasteiger partial charge is 0.444 e. The van der Waals surface area contributed by atoms with E-state index >= 15 is 0 Å². The van der Waals surface area contributed by atoms with Crippen molar-refractivity contribution < 1.29 is 19.4 Å². The average molecular weight is 269 g/mol. The zero-order valence-corrected chi connectivity index (χ0v) is 12.0. The number of nitrogens with zero attached hydrogens (tertiary/aromatic N) is 1. The molecule has 3 aliphatic rings. The zero-order chi connectivity index (χ0) is 14.4. The molecule has 0 unspecified atom stereocenters. The van der Waals surface area contributed by atoms with Crippen LogP contribution in [0, 0.1) is 5.92 Å². The van der Waals surface area contributed by atoms with Gasteiger partial charge in [-0.25, -0.2) is 4.79 Å². The standard InChI is InChI=1S/C14H23NO4/c1-8(16)12-10-6-5-9(7-11(10)17)15(12)13(18)19-14(2,3)4/h9-12,17H,5-7H2,1-4H3/t9-,10+,11-,12+/m0/s1. The third-order valence-corrected chi connectivity index (χ3v) is 3.96. The molecule has 108 valence electrons. The minimum absolute atomic E-state index is 0.0701. The Labute approximate surface area is 113 Å². The zero-order valence-electron chi connectivity index (χ0n) is 12.0. The van der Waals surface area contributed by atoms with E-state index < -0.39 is 23.8 Å². The fraction of sp³-hybridized carbons (Fsp3) is 0.857. The molecule has 4 atom stereocenters. The smallest absolute Gasteiger partial charge is 0.411 e. The molecule has 1 amide bonds. The van der Waals surface area contributed by atoms with Gasteiger partial charge in [0.25, 0.3) is 0 Å². The van der Waals surface area contributed by atoms with Gasteiger partial charge in [0, 0.05) is 12.0 Å². The molecule has 19 heavy (non-hydrogen) atoms. The maximum Gasteiger partial charge on any atom is 0.411 e. The Balaban J connectivity index is 2.22. The lowest BCUT2D eigenvalue weighted by Gasteiger charge is -2.52. The summed E-state index contributed by atoms with van der Waals surface area (Å²) in [5.74, 6) is -0.214. The molecule has 2 saturated heterocycles. The van der Waals surface area contributed by atoms with Gasteiger partial charge in [-0.05, 0) is 47.0 Å². The summed E-state index contributed by atoms with van der Waals surface area (Å²) in [6.07, 6.45) is 1.27. The van der Waals surface area contributed by atoms with E-state index in [0.29, 0.717) is 6.42 Å². The molecule has 2 bridgehead atoms. The van der Waals surface area contributed by atoms with Crippen molar-refractivity contribution in [1.82, 2.24) is 4.90 Å². The van der Waals surface area contributed by atoms with Crippen LogP contribution in [0.1, 0.15) is 47.0 Å². The lowest BCUT2D eigenvalue weighted by atomic mass is 9.72. The summed E-state index contributed by atoms with van der Waals surface area (Å²) >= 11 is 0. The number of carbonyl (C=O) groups is 2. The molecular formula is C14H23NO4. The molecular weight excluding hydrogens is 246 g/mol. The Bertz CT molecular complexity index is 387. The molecule has 1 N–H and O–H groups in total. The molecule has 5 heteroatoms. The van der Waals surface area contributed by atoms with Crippen molar-refractivity contribution >= 4 is 11.9 Å². The Hall–Kier alpha value is -1.10. The van der Waals surface area contributed by atoms with Gasteiger partial charge in [0.1, 0.15) is 5.60 Å². The van der Waals surface area contributed by atoms with Crippen LogP contribution >= 0.6 is 0 Å². The van der Waals surface area contributed by atoms with E-state index in [-0.39, 0.29) is 17.7 Å². The first-order valence-electron chi connectivity index (χ1n) is 6.90. The number of ether oxygens (including phenoxy) is 1. The molecule has 2 heterocycles. The predicted molar refractivity (Wildman–Crippen MR) is 69.7 cm³/mol. The molecule has 3 rings (SSSR count). The van der Waals surface area contributed by atoms with Crippen molar-refractivity contribution in [2.45, 2.75) is 70.7 Å². The number of amides is 1. The van der Waals surface area contributed by atoms with Crippen LogP contribution in [0.2, 0.25) is 0 Å². The number of rotatable bonds is 1. The van der Waals surface area contributed by atoms with Crippen LogP contribution < -0.4 is 0 Å². The number of ketones is 1. The molecule has 0 aromatic rings. The first-order chi connectivity index (χ1) is 8.70. The van der Waals surface area contributed by atoms with E-state index in [4.69, 9.17) is 4.74 Å². The molecule has 0 aromatic heterocycles. The quantitative estimate of drug-likeness (QED) is 0.787. The van der Waals surface area contributed by atoms with Gasteiger partial charge in [0.15, 0.2) is 5.78 Å². The van der Waals surface area contributed by atoms with Crippen LogP contribution in [-0.4, -0.2) is 45.7 Å². The van der Waals surface area contributed by atoms with Gasteiger partial charge in [-0.15, -0.1) is 0 Å². The van der Waals surface area contributed by atoms with E-state index in [1.165, 1.54) is 6.92 Å². The highest BCUT2D eigenvalue weighted by atomic mass is 16.6. The number of hydrogen-bond donors (Lipinski definition) is 1. The van der Waals surface area contributed by atoms with Gasteiger partial charge in [0.05, 0.1) is 12.1 Å². The van der Waals surface area contributed by atoms with Gasteiger partial charge in [0.2, 0.25) is 0 Å². The number of aliphatic hydroxyl groups is 1. The van der Waals surface area contributed by atoms with E-state index in [1.807, 2.05) is 20.8 Å². The molecule has 3 fully saturated rings. The highest BCUT2D eigenvalue weighted by molar-refractivity contribution is 5.86. The van der Waals surface area contributed by atoms with E-state index in [2.05, 4.69) is 0 Å². The van der Waals surface area contributed by atoms with Gasteiger partial charge in [-0.3, -0.25) is 9.69 Å². The second kappa shape index (κ2) is 4.78.